The van der Waals surface area contributed by atoms with Gasteiger partial charge in [-0.05, 0) is 30.7 Å². The summed E-state index contributed by atoms with van der Waals surface area (Å²) < 4.78 is 0. The van der Waals surface area contributed by atoms with Crippen molar-refractivity contribution in [3.8, 4) is 0 Å². The lowest BCUT2D eigenvalue weighted by Crippen LogP contribution is -2.32. The van der Waals surface area contributed by atoms with Crippen LogP contribution in [0.3, 0.4) is 0 Å². The number of carbonyl (C=O) groups excluding carboxylic acids is 1. The number of carbonyl (C=O) groups is 1. The maximum atomic E-state index is 12.2. The van der Waals surface area contributed by atoms with Crippen LogP contribution in [0.4, 0.5) is 10.5 Å². The molecular formula is C16H12ClN3O. The van der Waals surface area contributed by atoms with Gasteiger partial charge in [0, 0.05) is 10.6 Å². The van der Waals surface area contributed by atoms with Gasteiger partial charge < -0.3 is 0 Å². The van der Waals surface area contributed by atoms with Crippen LogP contribution in [-0.4, -0.2) is 17.6 Å². The Morgan fingerprint density at radius 2 is 1.76 bits per heavy atom. The molecule has 0 saturated carbocycles. The van der Waals surface area contributed by atoms with Crippen molar-refractivity contribution < 1.29 is 4.79 Å². The number of aryl methyl sites for hydroxylation is 1. The van der Waals surface area contributed by atoms with Crippen molar-refractivity contribution in [2.75, 3.05) is 4.90 Å². The number of benzene rings is 2. The third-order valence-corrected chi connectivity index (χ3v) is 3.57. The van der Waals surface area contributed by atoms with Crippen LogP contribution >= 0.6 is 11.6 Å². The number of nitrogens with one attached hydrogen (secondary N) is 1. The third-order valence-electron chi connectivity index (χ3n) is 3.32. The molecule has 2 amide bonds. The summed E-state index contributed by atoms with van der Waals surface area (Å²) in [5.74, 6) is 0.0802. The lowest BCUT2D eigenvalue weighted by atomic mass is 10.1. The van der Waals surface area contributed by atoms with Crippen LogP contribution in [0.25, 0.3) is 0 Å². The summed E-state index contributed by atoms with van der Waals surface area (Å²) in [6.45, 7) is 1.90. The maximum absolute atomic E-state index is 12.2. The molecule has 1 heterocycles. The zero-order chi connectivity index (χ0) is 15.0. The Hall–Kier alpha value is -2.46. The van der Waals surface area contributed by atoms with E-state index in [1.807, 2.05) is 31.2 Å². The van der Waals surface area contributed by atoms with Crippen molar-refractivity contribution in [2.24, 2.45) is 4.99 Å². The van der Waals surface area contributed by atoms with Crippen LogP contribution in [0.15, 0.2) is 53.5 Å². The van der Waals surface area contributed by atoms with E-state index in [1.54, 1.807) is 24.3 Å². The quantitative estimate of drug-likeness (QED) is 0.893. The SMILES string of the molecule is Cc1ccccc1N1C(=N)C(c2ccc(Cl)cc2)=NC1=O. The normalized spacial score (nSPS) is 14.6. The minimum atomic E-state index is -0.445. The lowest BCUT2D eigenvalue weighted by Gasteiger charge is -2.17. The number of anilines is 1. The Balaban J connectivity index is 2.00. The van der Waals surface area contributed by atoms with Gasteiger partial charge in [-0.2, -0.15) is 4.99 Å². The zero-order valence-electron chi connectivity index (χ0n) is 11.3. The fourth-order valence-corrected chi connectivity index (χ4v) is 2.37. The van der Waals surface area contributed by atoms with Gasteiger partial charge in [-0.25, -0.2) is 9.69 Å². The molecule has 21 heavy (non-hydrogen) atoms. The number of halogens is 1. The molecule has 0 bridgehead atoms. The lowest BCUT2D eigenvalue weighted by molar-refractivity contribution is 0.257. The van der Waals surface area contributed by atoms with Gasteiger partial charge in [-0.15, -0.1) is 0 Å². The molecule has 104 valence electrons. The first kappa shape index (κ1) is 13.5. The molecule has 0 atom stereocenters. The number of aliphatic imine (C=N–C) groups is 1. The van der Waals surface area contributed by atoms with Crippen molar-refractivity contribution in [2.45, 2.75) is 6.92 Å². The van der Waals surface area contributed by atoms with E-state index in [1.165, 1.54) is 4.90 Å². The number of hydrogen-bond acceptors (Lipinski definition) is 2. The van der Waals surface area contributed by atoms with Gasteiger partial charge in [0.15, 0.2) is 5.84 Å². The molecule has 0 fully saturated rings. The van der Waals surface area contributed by atoms with Crippen LogP contribution in [-0.2, 0) is 0 Å². The molecule has 0 spiro atoms. The molecule has 1 N–H and O–H groups in total. The molecule has 1 aliphatic heterocycles. The number of rotatable bonds is 2. The number of amides is 2. The van der Waals surface area contributed by atoms with Gasteiger partial charge in [0.25, 0.3) is 0 Å². The van der Waals surface area contributed by atoms with E-state index >= 15 is 0 Å². The Kier molecular flexibility index (Phi) is 3.31. The Labute approximate surface area is 127 Å². The minimum Gasteiger partial charge on any atom is -0.282 e. The van der Waals surface area contributed by atoms with E-state index in [0.717, 1.165) is 5.56 Å². The molecule has 5 heteroatoms. The highest BCUT2D eigenvalue weighted by Crippen LogP contribution is 2.25. The smallest absolute Gasteiger partial charge is 0.282 e. The molecule has 3 rings (SSSR count). The maximum Gasteiger partial charge on any atom is 0.354 e. The average molecular weight is 298 g/mol. The van der Waals surface area contributed by atoms with E-state index in [4.69, 9.17) is 17.0 Å². The number of hydrogen-bond donors (Lipinski definition) is 1. The summed E-state index contributed by atoms with van der Waals surface area (Å²) in [6, 6.07) is 13.9. The zero-order valence-corrected chi connectivity index (χ0v) is 12.1. The number of urea groups is 1. The summed E-state index contributed by atoms with van der Waals surface area (Å²) in [5.41, 5.74) is 2.66. The highest BCUT2D eigenvalue weighted by Gasteiger charge is 2.32. The van der Waals surface area contributed by atoms with Gasteiger partial charge in [-0.1, -0.05) is 41.9 Å². The van der Waals surface area contributed by atoms with E-state index in [2.05, 4.69) is 4.99 Å². The van der Waals surface area contributed by atoms with E-state index < -0.39 is 6.03 Å². The second-order valence-corrected chi connectivity index (χ2v) is 5.16. The van der Waals surface area contributed by atoms with Crippen molar-refractivity contribution in [3.63, 3.8) is 0 Å². The van der Waals surface area contributed by atoms with Gasteiger partial charge in [-0.3, -0.25) is 5.41 Å². The van der Waals surface area contributed by atoms with Crippen molar-refractivity contribution in [1.82, 2.24) is 0 Å². The van der Waals surface area contributed by atoms with Crippen LogP contribution in [0.5, 0.6) is 0 Å². The largest absolute Gasteiger partial charge is 0.354 e. The fourth-order valence-electron chi connectivity index (χ4n) is 2.25. The summed E-state index contributed by atoms with van der Waals surface area (Å²) in [4.78, 5) is 17.5. The van der Waals surface area contributed by atoms with E-state index in [-0.39, 0.29) is 5.84 Å². The first-order chi connectivity index (χ1) is 10.1. The van der Waals surface area contributed by atoms with Gasteiger partial charge in [0.2, 0.25) is 0 Å². The molecule has 4 nitrogen and oxygen atoms in total. The molecule has 0 unspecified atom stereocenters. The molecular weight excluding hydrogens is 286 g/mol. The molecule has 2 aromatic carbocycles. The minimum absolute atomic E-state index is 0.0802. The fraction of sp³-hybridized carbons (Fsp3) is 0.0625. The summed E-state index contributed by atoms with van der Waals surface area (Å²) in [5, 5.41) is 8.86. The number of para-hydroxylation sites is 1. The Morgan fingerprint density at radius 1 is 1.10 bits per heavy atom. The summed E-state index contributed by atoms with van der Waals surface area (Å²) >= 11 is 5.86. The molecule has 2 aromatic rings. The second kappa shape index (κ2) is 5.14. The van der Waals surface area contributed by atoms with Crippen molar-refractivity contribution in [1.29, 1.82) is 5.41 Å². The molecule has 0 aromatic heterocycles. The Bertz CT molecular complexity index is 765. The highest BCUT2D eigenvalue weighted by atomic mass is 35.5. The second-order valence-electron chi connectivity index (χ2n) is 4.72. The highest BCUT2D eigenvalue weighted by molar-refractivity contribution is 6.59. The monoisotopic (exact) mass is 297 g/mol. The van der Waals surface area contributed by atoms with Gasteiger partial charge >= 0.3 is 6.03 Å². The Morgan fingerprint density at radius 3 is 2.43 bits per heavy atom. The first-order valence-electron chi connectivity index (χ1n) is 6.41. The molecule has 0 aliphatic carbocycles. The number of nitrogens with zero attached hydrogens (tertiary/aromatic N) is 2. The summed E-state index contributed by atoms with van der Waals surface area (Å²) in [6.07, 6.45) is 0. The van der Waals surface area contributed by atoms with Crippen molar-refractivity contribution >= 4 is 34.9 Å². The topological polar surface area (TPSA) is 56.5 Å². The van der Waals surface area contributed by atoms with E-state index in [9.17, 15) is 4.79 Å². The van der Waals surface area contributed by atoms with Crippen LogP contribution in [0, 0.1) is 12.3 Å². The molecule has 0 radical (unpaired) electrons. The first-order valence-corrected chi connectivity index (χ1v) is 6.79. The van der Waals surface area contributed by atoms with Gasteiger partial charge in [0.05, 0.1) is 5.69 Å². The van der Waals surface area contributed by atoms with Crippen molar-refractivity contribution in [3.05, 3.63) is 64.7 Å². The van der Waals surface area contributed by atoms with Crippen LogP contribution in [0.2, 0.25) is 5.02 Å². The van der Waals surface area contributed by atoms with Crippen LogP contribution < -0.4 is 4.90 Å². The third kappa shape index (κ3) is 2.34. The molecule has 1 aliphatic rings. The molecule has 0 saturated heterocycles. The predicted molar refractivity (Wildman–Crippen MR) is 84.8 cm³/mol. The standard InChI is InChI=1S/C16H12ClN3O/c1-10-4-2-3-5-13(10)20-15(18)14(19-16(20)21)11-6-8-12(17)9-7-11/h2-9,18H,1H3. The average Bonchev–Trinajstić information content (AvgIpc) is 2.76. The van der Waals surface area contributed by atoms with Gasteiger partial charge in [0.1, 0.15) is 5.71 Å². The summed E-state index contributed by atoms with van der Waals surface area (Å²) in [7, 11) is 0. The number of amidine groups is 1. The van der Waals surface area contributed by atoms with E-state index in [0.29, 0.717) is 22.0 Å². The predicted octanol–water partition coefficient (Wildman–Crippen LogP) is 4.05. The van der Waals surface area contributed by atoms with Crippen LogP contribution in [0.1, 0.15) is 11.1 Å².